The third-order valence-corrected chi connectivity index (χ3v) is 3.54. The van der Waals surface area contributed by atoms with Gasteiger partial charge in [0.25, 0.3) is 0 Å². The first kappa shape index (κ1) is 15.2. The summed E-state index contributed by atoms with van der Waals surface area (Å²) in [6.07, 6.45) is 2.99. The zero-order chi connectivity index (χ0) is 14.0. The van der Waals surface area contributed by atoms with Crippen molar-refractivity contribution >= 4 is 34.6 Å². The van der Waals surface area contributed by atoms with Gasteiger partial charge in [-0.3, -0.25) is 4.79 Å². The van der Waals surface area contributed by atoms with Crippen LogP contribution in [0.3, 0.4) is 0 Å². The van der Waals surface area contributed by atoms with Crippen molar-refractivity contribution in [1.82, 2.24) is 5.32 Å². The van der Waals surface area contributed by atoms with E-state index in [0.717, 1.165) is 3.77 Å². The maximum Gasteiger partial charge on any atom is 0.244 e. The van der Waals surface area contributed by atoms with Crippen molar-refractivity contribution in [3.8, 4) is 0 Å². The van der Waals surface area contributed by atoms with E-state index < -0.39 is 11.1 Å². The van der Waals surface area contributed by atoms with Gasteiger partial charge in [0.1, 0.15) is 5.76 Å². The number of carbonyl (C=O) groups excluding carboxylic acids is 1. The minimum atomic E-state index is -1.00. The lowest BCUT2D eigenvalue weighted by Crippen LogP contribution is -2.57. The molecule has 1 aromatic rings. The van der Waals surface area contributed by atoms with Gasteiger partial charge in [-0.25, -0.2) is 0 Å². The molecule has 0 aliphatic rings. The van der Waals surface area contributed by atoms with Gasteiger partial charge in [0.2, 0.25) is 5.91 Å². The van der Waals surface area contributed by atoms with Gasteiger partial charge in [0, 0.05) is 6.08 Å². The summed E-state index contributed by atoms with van der Waals surface area (Å²) < 4.78 is 6.07. The average Bonchev–Trinajstić information content (AvgIpc) is 2.59. The van der Waals surface area contributed by atoms with E-state index in [0.29, 0.717) is 5.76 Å². The van der Waals surface area contributed by atoms with Gasteiger partial charge >= 0.3 is 0 Å². The molecule has 5 heteroatoms. The summed E-state index contributed by atoms with van der Waals surface area (Å²) in [5.74, 6) is 0.351. The summed E-state index contributed by atoms with van der Waals surface area (Å²) in [5, 5.41) is 12.7. The lowest BCUT2D eigenvalue weighted by Gasteiger charge is -2.37. The SMILES string of the molecule is CC(C)(O)C(C)(C)NC(=O)C=Cc1ccc(I)o1. The summed E-state index contributed by atoms with van der Waals surface area (Å²) in [6.45, 7) is 6.86. The molecule has 4 nitrogen and oxygen atoms in total. The number of aliphatic hydroxyl groups is 1. The van der Waals surface area contributed by atoms with Crippen LogP contribution in [-0.4, -0.2) is 22.2 Å². The van der Waals surface area contributed by atoms with Crippen LogP contribution in [0.5, 0.6) is 0 Å². The average molecular weight is 363 g/mol. The predicted octanol–water partition coefficient (Wildman–Crippen LogP) is 2.56. The van der Waals surface area contributed by atoms with Crippen LogP contribution in [0.1, 0.15) is 33.5 Å². The molecular weight excluding hydrogens is 345 g/mol. The first-order chi connectivity index (χ1) is 8.12. The second kappa shape index (κ2) is 5.44. The minimum Gasteiger partial charge on any atom is -0.451 e. The van der Waals surface area contributed by atoms with Gasteiger partial charge < -0.3 is 14.8 Å². The molecule has 0 fully saturated rings. The van der Waals surface area contributed by atoms with Crippen LogP contribution >= 0.6 is 22.6 Å². The van der Waals surface area contributed by atoms with E-state index in [1.165, 1.54) is 6.08 Å². The van der Waals surface area contributed by atoms with Gasteiger partial charge in [-0.15, -0.1) is 0 Å². The highest BCUT2D eigenvalue weighted by atomic mass is 127. The van der Waals surface area contributed by atoms with Gasteiger partial charge in [-0.1, -0.05) is 0 Å². The molecule has 0 atom stereocenters. The second-order valence-corrected chi connectivity index (χ2v) is 6.21. The molecule has 1 rings (SSSR count). The molecule has 0 aliphatic carbocycles. The van der Waals surface area contributed by atoms with Crippen LogP contribution in [0.2, 0.25) is 0 Å². The van der Waals surface area contributed by atoms with Crippen molar-refractivity contribution in [2.45, 2.75) is 38.8 Å². The summed E-state index contributed by atoms with van der Waals surface area (Å²) >= 11 is 2.06. The smallest absolute Gasteiger partial charge is 0.244 e. The number of carbonyl (C=O) groups is 1. The molecule has 0 spiro atoms. The van der Waals surface area contributed by atoms with Crippen LogP contribution in [0.25, 0.3) is 6.08 Å². The molecule has 0 saturated heterocycles. The minimum absolute atomic E-state index is 0.270. The first-order valence-electron chi connectivity index (χ1n) is 5.60. The standard InChI is InChI=1S/C13H18INO3/c1-12(2,13(3,4)17)15-11(16)8-6-9-5-7-10(14)18-9/h5-8,17H,1-4H3,(H,15,16). The molecule has 0 unspecified atom stereocenters. The van der Waals surface area contributed by atoms with E-state index in [1.54, 1.807) is 39.8 Å². The Kier molecular flexibility index (Phi) is 4.61. The highest BCUT2D eigenvalue weighted by Crippen LogP contribution is 2.20. The molecular formula is C13H18INO3. The van der Waals surface area contributed by atoms with Crippen LogP contribution in [0, 0.1) is 3.77 Å². The largest absolute Gasteiger partial charge is 0.451 e. The molecule has 1 amide bonds. The monoisotopic (exact) mass is 363 g/mol. The summed E-state index contributed by atoms with van der Waals surface area (Å²) in [4.78, 5) is 11.7. The normalized spacial score (nSPS) is 13.0. The number of nitrogens with one attached hydrogen (secondary N) is 1. The zero-order valence-electron chi connectivity index (χ0n) is 11.0. The highest BCUT2D eigenvalue weighted by molar-refractivity contribution is 14.1. The van der Waals surface area contributed by atoms with E-state index >= 15 is 0 Å². The highest BCUT2D eigenvalue weighted by Gasteiger charge is 2.35. The Labute approximate surface area is 121 Å². The maximum absolute atomic E-state index is 11.7. The fourth-order valence-corrected chi connectivity index (χ4v) is 1.51. The first-order valence-corrected chi connectivity index (χ1v) is 6.68. The topological polar surface area (TPSA) is 62.5 Å². The predicted molar refractivity (Wildman–Crippen MR) is 79.0 cm³/mol. The Bertz CT molecular complexity index is 455. The van der Waals surface area contributed by atoms with E-state index in [2.05, 4.69) is 27.9 Å². The van der Waals surface area contributed by atoms with E-state index in [9.17, 15) is 9.90 Å². The van der Waals surface area contributed by atoms with Gasteiger partial charge in [-0.05, 0) is 68.5 Å². The number of halogens is 1. The number of amides is 1. The number of hydrogen-bond donors (Lipinski definition) is 2. The van der Waals surface area contributed by atoms with Crippen molar-refractivity contribution in [2.24, 2.45) is 0 Å². The van der Waals surface area contributed by atoms with Crippen molar-refractivity contribution in [3.63, 3.8) is 0 Å². The van der Waals surface area contributed by atoms with Crippen LogP contribution in [0.4, 0.5) is 0 Å². The van der Waals surface area contributed by atoms with Crippen LogP contribution < -0.4 is 5.32 Å². The van der Waals surface area contributed by atoms with Crippen molar-refractivity contribution in [1.29, 1.82) is 0 Å². The zero-order valence-corrected chi connectivity index (χ0v) is 13.1. The number of hydrogen-bond acceptors (Lipinski definition) is 3. The summed E-state index contributed by atoms with van der Waals surface area (Å²) in [6, 6.07) is 3.60. The number of furan rings is 1. The molecule has 2 N–H and O–H groups in total. The molecule has 18 heavy (non-hydrogen) atoms. The molecule has 0 radical (unpaired) electrons. The Morgan fingerprint density at radius 1 is 1.39 bits per heavy atom. The fraction of sp³-hybridized carbons (Fsp3) is 0.462. The van der Waals surface area contributed by atoms with Crippen molar-refractivity contribution in [2.75, 3.05) is 0 Å². The molecule has 0 saturated carbocycles. The summed E-state index contributed by atoms with van der Waals surface area (Å²) in [5.41, 5.74) is -1.72. The molecule has 0 aromatic carbocycles. The molecule has 0 aliphatic heterocycles. The van der Waals surface area contributed by atoms with E-state index in [-0.39, 0.29) is 5.91 Å². The van der Waals surface area contributed by atoms with Crippen LogP contribution in [-0.2, 0) is 4.79 Å². The van der Waals surface area contributed by atoms with E-state index in [1.807, 2.05) is 6.07 Å². The third kappa shape index (κ3) is 4.13. The Balaban J connectivity index is 2.65. The quantitative estimate of drug-likeness (QED) is 0.639. The molecule has 1 aromatic heterocycles. The lowest BCUT2D eigenvalue weighted by molar-refractivity contribution is -0.121. The van der Waals surface area contributed by atoms with E-state index in [4.69, 9.17) is 4.42 Å². The lowest BCUT2D eigenvalue weighted by atomic mass is 9.86. The van der Waals surface area contributed by atoms with Gasteiger partial charge in [0.05, 0.1) is 11.1 Å². The van der Waals surface area contributed by atoms with Gasteiger partial charge in [0.15, 0.2) is 3.77 Å². The number of rotatable bonds is 4. The Hall–Kier alpha value is -0.820. The third-order valence-electron chi connectivity index (χ3n) is 2.96. The Morgan fingerprint density at radius 3 is 2.44 bits per heavy atom. The van der Waals surface area contributed by atoms with Crippen LogP contribution in [0.15, 0.2) is 22.6 Å². The Morgan fingerprint density at radius 2 is 2.00 bits per heavy atom. The molecule has 100 valence electrons. The maximum atomic E-state index is 11.7. The van der Waals surface area contributed by atoms with Crippen molar-refractivity contribution in [3.05, 3.63) is 27.7 Å². The molecule has 1 heterocycles. The van der Waals surface area contributed by atoms with Crippen molar-refractivity contribution < 1.29 is 14.3 Å². The van der Waals surface area contributed by atoms with Gasteiger partial charge in [-0.2, -0.15) is 0 Å². The molecule has 0 bridgehead atoms. The fourth-order valence-electron chi connectivity index (χ4n) is 1.08. The second-order valence-electron chi connectivity index (χ2n) is 5.15. The summed E-state index contributed by atoms with van der Waals surface area (Å²) in [7, 11) is 0.